The Labute approximate surface area is 119 Å². The standard InChI is InChI=1S/C16H22N2O2/c1-11(2)8-9-17-16(20)13-6-7-14-12(10-13)4-3-5-15(19)18-14/h6-7,10-11H,3-5,8-9H2,1-2H3,(H,17,20)(H,18,19). The summed E-state index contributed by atoms with van der Waals surface area (Å²) in [6, 6.07) is 5.50. The largest absolute Gasteiger partial charge is 0.352 e. The Kier molecular flexibility index (Phi) is 4.77. The van der Waals surface area contributed by atoms with Gasteiger partial charge in [-0.15, -0.1) is 0 Å². The fraction of sp³-hybridized carbons (Fsp3) is 0.500. The molecule has 0 aliphatic carbocycles. The van der Waals surface area contributed by atoms with Crippen LogP contribution in [0.25, 0.3) is 0 Å². The lowest BCUT2D eigenvalue weighted by atomic mass is 10.0. The van der Waals surface area contributed by atoms with Crippen LogP contribution in [0.5, 0.6) is 0 Å². The van der Waals surface area contributed by atoms with Crippen molar-refractivity contribution >= 4 is 17.5 Å². The molecule has 0 radical (unpaired) electrons. The summed E-state index contributed by atoms with van der Waals surface area (Å²) < 4.78 is 0. The molecular weight excluding hydrogens is 252 g/mol. The summed E-state index contributed by atoms with van der Waals surface area (Å²) in [6.07, 6.45) is 3.19. The molecule has 108 valence electrons. The molecule has 0 saturated carbocycles. The minimum absolute atomic E-state index is 0.0379. The lowest BCUT2D eigenvalue weighted by Gasteiger charge is -2.10. The van der Waals surface area contributed by atoms with E-state index in [1.165, 1.54) is 0 Å². The lowest BCUT2D eigenvalue weighted by molar-refractivity contribution is -0.116. The van der Waals surface area contributed by atoms with Crippen LogP contribution in [0.2, 0.25) is 0 Å². The molecule has 0 unspecified atom stereocenters. The highest BCUT2D eigenvalue weighted by atomic mass is 16.2. The van der Waals surface area contributed by atoms with E-state index in [2.05, 4.69) is 24.5 Å². The molecule has 2 amide bonds. The molecule has 0 atom stereocenters. The number of carbonyl (C=O) groups excluding carboxylic acids is 2. The summed E-state index contributed by atoms with van der Waals surface area (Å²) in [7, 11) is 0. The number of nitrogens with one attached hydrogen (secondary N) is 2. The zero-order chi connectivity index (χ0) is 14.5. The highest BCUT2D eigenvalue weighted by Crippen LogP contribution is 2.23. The number of benzene rings is 1. The highest BCUT2D eigenvalue weighted by Gasteiger charge is 2.15. The summed E-state index contributed by atoms with van der Waals surface area (Å²) in [4.78, 5) is 23.5. The van der Waals surface area contributed by atoms with Gasteiger partial charge in [-0.05, 0) is 48.9 Å². The van der Waals surface area contributed by atoms with Gasteiger partial charge in [-0.1, -0.05) is 13.8 Å². The van der Waals surface area contributed by atoms with Crippen molar-refractivity contribution in [3.63, 3.8) is 0 Å². The Bertz CT molecular complexity index is 509. The smallest absolute Gasteiger partial charge is 0.251 e. The molecule has 1 heterocycles. The first kappa shape index (κ1) is 14.6. The van der Waals surface area contributed by atoms with E-state index in [0.717, 1.165) is 30.5 Å². The molecule has 20 heavy (non-hydrogen) atoms. The van der Waals surface area contributed by atoms with E-state index in [1.807, 2.05) is 12.1 Å². The van der Waals surface area contributed by atoms with Gasteiger partial charge in [0.25, 0.3) is 5.91 Å². The van der Waals surface area contributed by atoms with Crippen LogP contribution < -0.4 is 10.6 Å². The van der Waals surface area contributed by atoms with E-state index < -0.39 is 0 Å². The molecule has 0 fully saturated rings. The summed E-state index contributed by atoms with van der Waals surface area (Å²) >= 11 is 0. The zero-order valence-corrected chi connectivity index (χ0v) is 12.2. The summed E-state index contributed by atoms with van der Waals surface area (Å²) in [6.45, 7) is 4.97. The third-order valence-electron chi connectivity index (χ3n) is 3.50. The van der Waals surface area contributed by atoms with Gasteiger partial charge >= 0.3 is 0 Å². The highest BCUT2D eigenvalue weighted by molar-refractivity contribution is 5.97. The lowest BCUT2D eigenvalue weighted by Crippen LogP contribution is -2.25. The van der Waals surface area contributed by atoms with Crippen molar-refractivity contribution in [3.8, 4) is 0 Å². The van der Waals surface area contributed by atoms with Crippen LogP contribution in [0.4, 0.5) is 5.69 Å². The summed E-state index contributed by atoms with van der Waals surface area (Å²) in [5.41, 5.74) is 2.56. The Balaban J connectivity index is 2.04. The van der Waals surface area contributed by atoms with Gasteiger partial charge in [0.2, 0.25) is 5.91 Å². The van der Waals surface area contributed by atoms with Gasteiger partial charge in [0.1, 0.15) is 0 Å². The fourth-order valence-electron chi connectivity index (χ4n) is 2.29. The Morgan fingerprint density at radius 3 is 2.90 bits per heavy atom. The van der Waals surface area contributed by atoms with Gasteiger partial charge in [0.05, 0.1) is 0 Å². The predicted octanol–water partition coefficient (Wildman–Crippen LogP) is 2.74. The second-order valence-electron chi connectivity index (χ2n) is 5.71. The van der Waals surface area contributed by atoms with Crippen LogP contribution in [-0.2, 0) is 11.2 Å². The third kappa shape index (κ3) is 3.83. The van der Waals surface area contributed by atoms with E-state index in [4.69, 9.17) is 0 Å². The van der Waals surface area contributed by atoms with Gasteiger partial charge in [-0.25, -0.2) is 0 Å². The normalized spacial score (nSPS) is 14.4. The Hall–Kier alpha value is -1.84. The van der Waals surface area contributed by atoms with Gasteiger partial charge in [-0.3, -0.25) is 9.59 Å². The quantitative estimate of drug-likeness (QED) is 0.887. The van der Waals surface area contributed by atoms with Crippen LogP contribution in [0.15, 0.2) is 18.2 Å². The minimum Gasteiger partial charge on any atom is -0.352 e. The first-order valence-corrected chi connectivity index (χ1v) is 7.27. The van der Waals surface area contributed by atoms with Crippen molar-refractivity contribution in [2.45, 2.75) is 39.5 Å². The molecule has 2 rings (SSSR count). The van der Waals surface area contributed by atoms with E-state index >= 15 is 0 Å². The number of hydrogen-bond donors (Lipinski definition) is 2. The molecule has 1 aromatic carbocycles. The molecule has 0 bridgehead atoms. The number of fused-ring (bicyclic) bond motifs is 1. The third-order valence-corrected chi connectivity index (χ3v) is 3.50. The first-order valence-electron chi connectivity index (χ1n) is 7.27. The molecule has 1 aliphatic rings. The summed E-state index contributed by atoms with van der Waals surface area (Å²) in [5, 5.41) is 5.81. The van der Waals surface area contributed by atoms with Crippen LogP contribution >= 0.6 is 0 Å². The number of carbonyl (C=O) groups is 2. The molecule has 0 aromatic heterocycles. The van der Waals surface area contributed by atoms with Crippen molar-refractivity contribution < 1.29 is 9.59 Å². The van der Waals surface area contributed by atoms with E-state index in [-0.39, 0.29) is 11.8 Å². The van der Waals surface area contributed by atoms with Crippen molar-refractivity contribution in [1.82, 2.24) is 5.32 Å². The molecule has 1 aliphatic heterocycles. The maximum absolute atomic E-state index is 12.1. The molecule has 1 aromatic rings. The van der Waals surface area contributed by atoms with Gasteiger partial charge in [0.15, 0.2) is 0 Å². The number of rotatable bonds is 4. The average Bonchev–Trinajstić information content (AvgIpc) is 2.57. The predicted molar refractivity (Wildman–Crippen MR) is 79.8 cm³/mol. The van der Waals surface area contributed by atoms with Crippen molar-refractivity contribution in [2.24, 2.45) is 5.92 Å². The van der Waals surface area contributed by atoms with Crippen molar-refractivity contribution in [2.75, 3.05) is 11.9 Å². The number of aryl methyl sites for hydroxylation is 1. The number of anilines is 1. The van der Waals surface area contributed by atoms with E-state index in [0.29, 0.717) is 24.4 Å². The van der Waals surface area contributed by atoms with E-state index in [1.54, 1.807) is 6.07 Å². The molecular formula is C16H22N2O2. The van der Waals surface area contributed by atoms with Gasteiger partial charge < -0.3 is 10.6 Å². The SMILES string of the molecule is CC(C)CCNC(=O)c1ccc2c(c1)CCCC(=O)N2. The van der Waals surface area contributed by atoms with Gasteiger partial charge in [0, 0.05) is 24.2 Å². The minimum atomic E-state index is -0.0379. The van der Waals surface area contributed by atoms with Crippen LogP contribution in [0.3, 0.4) is 0 Å². The van der Waals surface area contributed by atoms with Gasteiger partial charge in [-0.2, -0.15) is 0 Å². The monoisotopic (exact) mass is 274 g/mol. The fourth-order valence-corrected chi connectivity index (χ4v) is 2.29. The number of amides is 2. The second-order valence-corrected chi connectivity index (χ2v) is 5.71. The first-order chi connectivity index (χ1) is 9.56. The van der Waals surface area contributed by atoms with Crippen LogP contribution in [-0.4, -0.2) is 18.4 Å². The van der Waals surface area contributed by atoms with Crippen LogP contribution in [0.1, 0.15) is 49.0 Å². The number of hydrogen-bond acceptors (Lipinski definition) is 2. The maximum Gasteiger partial charge on any atom is 0.251 e. The summed E-state index contributed by atoms with van der Waals surface area (Å²) in [5.74, 6) is 0.597. The molecule has 2 N–H and O–H groups in total. The Morgan fingerprint density at radius 2 is 2.15 bits per heavy atom. The molecule has 0 saturated heterocycles. The van der Waals surface area contributed by atoms with Crippen molar-refractivity contribution in [1.29, 1.82) is 0 Å². The van der Waals surface area contributed by atoms with E-state index in [9.17, 15) is 9.59 Å². The molecule has 4 nitrogen and oxygen atoms in total. The van der Waals surface area contributed by atoms with Crippen LogP contribution in [0, 0.1) is 5.92 Å². The Morgan fingerprint density at radius 1 is 1.35 bits per heavy atom. The second kappa shape index (κ2) is 6.55. The molecule has 4 heteroatoms. The topological polar surface area (TPSA) is 58.2 Å². The zero-order valence-electron chi connectivity index (χ0n) is 12.2. The maximum atomic E-state index is 12.1. The molecule has 0 spiro atoms. The van der Waals surface area contributed by atoms with Crippen molar-refractivity contribution in [3.05, 3.63) is 29.3 Å². The average molecular weight is 274 g/mol.